The Balaban J connectivity index is 1.16. The molecule has 8 nitrogen and oxygen atoms in total. The number of carbonyl (C=O) groups excluding carboxylic acids is 3. The summed E-state index contributed by atoms with van der Waals surface area (Å²) in [6, 6.07) is 13.8. The molecule has 3 heterocycles. The number of carbonyl (C=O) groups is 3. The highest BCUT2D eigenvalue weighted by Gasteiger charge is 2.31. The predicted molar refractivity (Wildman–Crippen MR) is 139 cm³/mol. The van der Waals surface area contributed by atoms with Crippen molar-refractivity contribution in [2.24, 2.45) is 0 Å². The van der Waals surface area contributed by atoms with Gasteiger partial charge in [0.15, 0.2) is 0 Å². The number of ketones is 1. The number of benzene rings is 2. The summed E-state index contributed by atoms with van der Waals surface area (Å²) < 4.78 is 0. The van der Waals surface area contributed by atoms with E-state index in [2.05, 4.69) is 27.4 Å². The van der Waals surface area contributed by atoms with Crippen LogP contribution in [0.2, 0.25) is 5.02 Å². The first kappa shape index (κ1) is 23.6. The lowest BCUT2D eigenvalue weighted by Crippen LogP contribution is -2.42. The van der Waals surface area contributed by atoms with Crippen molar-refractivity contribution in [1.29, 1.82) is 0 Å². The molecule has 188 valence electrons. The molecule has 1 atom stereocenters. The van der Waals surface area contributed by atoms with Gasteiger partial charge in [0.25, 0.3) is 5.91 Å². The Morgan fingerprint density at radius 3 is 2.70 bits per heavy atom. The third-order valence-corrected chi connectivity index (χ3v) is 7.67. The summed E-state index contributed by atoms with van der Waals surface area (Å²) in [5, 5.41) is 3.59. The van der Waals surface area contributed by atoms with Crippen molar-refractivity contribution in [3.8, 4) is 11.3 Å². The second-order valence-corrected chi connectivity index (χ2v) is 10.3. The van der Waals surface area contributed by atoms with Gasteiger partial charge in [0.05, 0.1) is 16.9 Å². The van der Waals surface area contributed by atoms with Gasteiger partial charge in [-0.2, -0.15) is 0 Å². The van der Waals surface area contributed by atoms with Crippen molar-refractivity contribution in [3.63, 3.8) is 0 Å². The summed E-state index contributed by atoms with van der Waals surface area (Å²) in [5.41, 5.74) is 5.09. The highest BCUT2D eigenvalue weighted by Crippen LogP contribution is 2.32. The summed E-state index contributed by atoms with van der Waals surface area (Å²) in [6.45, 7) is 1.68. The van der Waals surface area contributed by atoms with E-state index in [1.807, 2.05) is 29.2 Å². The number of hydrogen-bond donors (Lipinski definition) is 1. The van der Waals surface area contributed by atoms with Gasteiger partial charge in [-0.05, 0) is 35.6 Å². The van der Waals surface area contributed by atoms with Crippen molar-refractivity contribution in [3.05, 3.63) is 75.9 Å². The fraction of sp³-hybridized carbons (Fsp3) is 0.321. The Bertz CT molecular complexity index is 1420. The molecule has 3 aromatic rings. The molecule has 1 saturated carbocycles. The number of fused-ring (bicyclic) bond motifs is 2. The minimum Gasteiger partial charge on any atom is -0.351 e. The van der Waals surface area contributed by atoms with Crippen LogP contribution in [0, 0.1) is 0 Å². The average Bonchev–Trinajstić information content (AvgIpc) is 3.46. The zero-order valence-electron chi connectivity index (χ0n) is 20.2. The summed E-state index contributed by atoms with van der Waals surface area (Å²) in [5.74, 6) is 0.421. The number of Topliss-reactive ketones (excluding diaryl/α,β-unsaturated/α-hetero) is 1. The molecule has 9 heteroatoms. The van der Waals surface area contributed by atoms with E-state index in [-0.39, 0.29) is 30.2 Å². The maximum atomic E-state index is 13.3. The molecule has 1 unspecified atom stereocenters. The van der Waals surface area contributed by atoms with Crippen LogP contribution in [0.4, 0.5) is 5.95 Å². The molecule has 1 aliphatic carbocycles. The zero-order valence-corrected chi connectivity index (χ0v) is 21.0. The monoisotopic (exact) mass is 515 g/mol. The molecule has 0 bridgehead atoms. The molecular formula is C28H26ClN5O3. The van der Waals surface area contributed by atoms with Gasteiger partial charge in [-0.1, -0.05) is 48.0 Å². The first-order chi connectivity index (χ1) is 17.9. The van der Waals surface area contributed by atoms with Crippen LogP contribution >= 0.6 is 11.6 Å². The first-order valence-corrected chi connectivity index (χ1v) is 12.9. The second-order valence-electron chi connectivity index (χ2n) is 9.88. The molecule has 6 rings (SSSR count). The Kier molecular flexibility index (Phi) is 6.12. The third-order valence-electron chi connectivity index (χ3n) is 7.39. The minimum absolute atomic E-state index is 0.0163. The zero-order chi connectivity index (χ0) is 25.5. The number of rotatable bonds is 5. The molecule has 2 aliphatic heterocycles. The van der Waals surface area contributed by atoms with Gasteiger partial charge in [0, 0.05) is 49.6 Å². The molecule has 1 N–H and O–H groups in total. The van der Waals surface area contributed by atoms with Crippen LogP contribution in [0.5, 0.6) is 0 Å². The van der Waals surface area contributed by atoms with Gasteiger partial charge in [-0.25, -0.2) is 9.97 Å². The Labute approximate surface area is 219 Å². The number of aromatic nitrogens is 2. The number of hydrogen-bond acceptors (Lipinski definition) is 6. The Morgan fingerprint density at radius 1 is 1.05 bits per heavy atom. The van der Waals surface area contributed by atoms with E-state index < -0.39 is 0 Å². The Hall–Kier alpha value is -3.78. The summed E-state index contributed by atoms with van der Waals surface area (Å²) in [6.07, 6.45) is 4.14. The van der Waals surface area contributed by atoms with Crippen LogP contribution in [0.3, 0.4) is 0 Å². The number of amides is 2. The maximum absolute atomic E-state index is 13.3. The molecule has 0 saturated heterocycles. The Morgan fingerprint density at radius 2 is 1.89 bits per heavy atom. The molecule has 2 aromatic carbocycles. The summed E-state index contributed by atoms with van der Waals surface area (Å²) in [4.78, 5) is 50.2. The first-order valence-electron chi connectivity index (χ1n) is 12.5. The predicted octanol–water partition coefficient (Wildman–Crippen LogP) is 3.87. The van der Waals surface area contributed by atoms with E-state index in [0.29, 0.717) is 60.3 Å². The fourth-order valence-electron chi connectivity index (χ4n) is 5.37. The van der Waals surface area contributed by atoms with Crippen molar-refractivity contribution in [1.82, 2.24) is 19.8 Å². The third kappa shape index (κ3) is 4.69. The molecular weight excluding hydrogens is 490 g/mol. The van der Waals surface area contributed by atoms with Crippen LogP contribution in [0.25, 0.3) is 11.3 Å². The molecule has 37 heavy (non-hydrogen) atoms. The second kappa shape index (κ2) is 9.59. The van der Waals surface area contributed by atoms with Crippen LogP contribution in [-0.2, 0) is 29.1 Å². The number of anilines is 1. The normalized spacial score (nSPS) is 18.7. The fourth-order valence-corrected chi connectivity index (χ4v) is 5.57. The maximum Gasteiger partial charge on any atom is 0.254 e. The van der Waals surface area contributed by atoms with Crippen molar-refractivity contribution in [2.45, 2.75) is 44.8 Å². The van der Waals surface area contributed by atoms with Gasteiger partial charge < -0.3 is 15.1 Å². The number of nitrogens with zero attached hydrogens (tertiary/aromatic N) is 4. The van der Waals surface area contributed by atoms with Crippen molar-refractivity contribution >= 4 is 35.1 Å². The lowest BCUT2D eigenvalue weighted by molar-refractivity contribution is -0.132. The molecule has 1 aromatic heterocycles. The van der Waals surface area contributed by atoms with E-state index in [1.54, 1.807) is 11.0 Å². The molecule has 0 spiro atoms. The van der Waals surface area contributed by atoms with E-state index in [1.165, 1.54) is 11.8 Å². The largest absolute Gasteiger partial charge is 0.351 e. The van der Waals surface area contributed by atoms with Crippen LogP contribution in [-0.4, -0.2) is 56.5 Å². The molecule has 0 radical (unpaired) electrons. The minimum atomic E-state index is -0.171. The number of halogens is 1. The molecule has 2 amide bonds. The average molecular weight is 516 g/mol. The van der Waals surface area contributed by atoms with Crippen molar-refractivity contribution in [2.75, 3.05) is 18.4 Å². The topological polar surface area (TPSA) is 95.5 Å². The molecule has 3 aliphatic rings. The van der Waals surface area contributed by atoms with Crippen molar-refractivity contribution < 1.29 is 14.4 Å². The van der Waals surface area contributed by atoms with Crippen LogP contribution < -0.4 is 5.32 Å². The summed E-state index contributed by atoms with van der Waals surface area (Å²) in [7, 11) is 0. The SMILES string of the molecule is O=C1CCC(Nc2ncc(Cl)c(-c3ccc4c(c3)C(=O)N(CC(=O)N3CCc5ccccc5C3)C4)n2)C1. The highest BCUT2D eigenvalue weighted by atomic mass is 35.5. The van der Waals surface area contributed by atoms with Gasteiger partial charge >= 0.3 is 0 Å². The van der Waals surface area contributed by atoms with E-state index in [9.17, 15) is 14.4 Å². The summed E-state index contributed by atoms with van der Waals surface area (Å²) >= 11 is 6.42. The molecule has 1 fully saturated rings. The van der Waals surface area contributed by atoms with Crippen LogP contribution in [0.1, 0.15) is 46.3 Å². The lowest BCUT2D eigenvalue weighted by Gasteiger charge is -2.30. The quantitative estimate of drug-likeness (QED) is 0.554. The van der Waals surface area contributed by atoms with E-state index in [0.717, 1.165) is 24.0 Å². The van der Waals surface area contributed by atoms with Crippen LogP contribution in [0.15, 0.2) is 48.7 Å². The van der Waals surface area contributed by atoms with Gasteiger partial charge in [-0.3, -0.25) is 14.4 Å². The lowest BCUT2D eigenvalue weighted by atomic mass is 10.00. The standard InChI is InChI=1S/C28H26ClN5O3/c29-24-13-30-28(31-21-7-8-22(35)12-21)32-26(24)18-5-6-20-15-34(27(37)23(20)11-18)16-25(36)33-10-9-17-3-1-2-4-19(17)14-33/h1-6,11,13,21H,7-10,12,14-16H2,(H,30,31,32). The smallest absolute Gasteiger partial charge is 0.254 e. The number of nitrogens with one attached hydrogen (secondary N) is 1. The van der Waals surface area contributed by atoms with Gasteiger partial charge in [0.1, 0.15) is 12.3 Å². The van der Waals surface area contributed by atoms with Gasteiger partial charge in [-0.15, -0.1) is 0 Å². The van der Waals surface area contributed by atoms with Gasteiger partial charge in [0.2, 0.25) is 11.9 Å². The van der Waals surface area contributed by atoms with E-state index >= 15 is 0 Å². The van der Waals surface area contributed by atoms with E-state index in [4.69, 9.17) is 11.6 Å². The highest BCUT2D eigenvalue weighted by molar-refractivity contribution is 6.33.